The van der Waals surface area contributed by atoms with Crippen molar-refractivity contribution in [2.75, 3.05) is 30.3 Å². The maximum Gasteiger partial charge on any atom is 0.255 e. The van der Waals surface area contributed by atoms with Gasteiger partial charge in [0.05, 0.1) is 35.2 Å². The molecule has 15 heteroatoms. The molecular weight excluding hydrogens is 650 g/mol. The highest BCUT2D eigenvalue weighted by molar-refractivity contribution is 6.06. The number of imide groups is 1. The maximum absolute atomic E-state index is 13.2. The van der Waals surface area contributed by atoms with Crippen molar-refractivity contribution in [2.45, 2.75) is 50.7 Å². The van der Waals surface area contributed by atoms with Crippen LogP contribution in [0.3, 0.4) is 0 Å². The zero-order valence-corrected chi connectivity index (χ0v) is 27.7. The number of carbonyl (C=O) groups is 4. The average Bonchev–Trinajstić information content (AvgIpc) is 3.78. The molecule has 1 atom stereocenters. The number of nitrogens with zero attached hydrogens (tertiary/aromatic N) is 8. The number of rotatable bonds is 9. The molecule has 0 spiro atoms. The van der Waals surface area contributed by atoms with Crippen LogP contribution in [-0.4, -0.2) is 88.8 Å². The molecule has 2 saturated heterocycles. The standard InChI is InChI=1S/C36H35N11O4/c48-32-9-8-30(34(50)44-32)46-21-25-24(35(46)51)4-3-7-26(25)42-31-10-14-37-36(43-31)38-15-11-33(49)45-16-12-23(13-17-45)47-20-22(18-40-47)29-19-39-27-5-1-2-6-28(27)41-29/h1-7,10,14,18-20,23,30H,8-9,11-13,15-17,21H2,(H,44,48,50)(H2,37,38,42,43). The van der Waals surface area contributed by atoms with Crippen LogP contribution in [0.15, 0.2) is 73.3 Å². The zero-order chi connectivity index (χ0) is 34.9. The van der Waals surface area contributed by atoms with E-state index in [0.29, 0.717) is 55.5 Å². The monoisotopic (exact) mass is 685 g/mol. The third kappa shape index (κ3) is 6.57. The number of likely N-dealkylation sites (tertiary alicyclic amines) is 1. The average molecular weight is 686 g/mol. The molecule has 15 nitrogen and oxygen atoms in total. The third-order valence-corrected chi connectivity index (χ3v) is 9.66. The Morgan fingerprint density at radius 1 is 0.922 bits per heavy atom. The van der Waals surface area contributed by atoms with E-state index < -0.39 is 11.9 Å². The molecule has 1 unspecified atom stereocenters. The molecule has 258 valence electrons. The van der Waals surface area contributed by atoms with Gasteiger partial charge in [-0.1, -0.05) is 18.2 Å². The normalized spacial score (nSPS) is 17.8. The number of aromatic nitrogens is 6. The molecule has 3 N–H and O–H groups in total. The molecule has 8 rings (SSSR count). The van der Waals surface area contributed by atoms with Crippen molar-refractivity contribution < 1.29 is 19.2 Å². The van der Waals surface area contributed by atoms with E-state index in [4.69, 9.17) is 4.98 Å². The van der Waals surface area contributed by atoms with E-state index in [9.17, 15) is 19.2 Å². The smallest absolute Gasteiger partial charge is 0.255 e. The number of nitrogens with one attached hydrogen (secondary N) is 3. The predicted octanol–water partition coefficient (Wildman–Crippen LogP) is 3.45. The van der Waals surface area contributed by atoms with Crippen molar-refractivity contribution in [3.8, 4) is 11.3 Å². The van der Waals surface area contributed by atoms with Crippen LogP contribution in [0.25, 0.3) is 22.3 Å². The minimum Gasteiger partial charge on any atom is -0.354 e. The first-order valence-electron chi connectivity index (χ1n) is 17.0. The van der Waals surface area contributed by atoms with Crippen LogP contribution in [0.5, 0.6) is 0 Å². The molecule has 3 aliphatic rings. The van der Waals surface area contributed by atoms with Crippen LogP contribution in [-0.2, 0) is 20.9 Å². The first kappa shape index (κ1) is 32.0. The molecule has 3 aromatic heterocycles. The Kier molecular flexibility index (Phi) is 8.51. The van der Waals surface area contributed by atoms with Crippen LogP contribution >= 0.6 is 0 Å². The lowest BCUT2D eigenvalue weighted by Crippen LogP contribution is -2.52. The van der Waals surface area contributed by atoms with Gasteiger partial charge in [0, 0.05) is 73.8 Å². The fourth-order valence-corrected chi connectivity index (χ4v) is 6.94. The minimum absolute atomic E-state index is 0.0629. The molecule has 2 fully saturated rings. The number of amides is 4. The van der Waals surface area contributed by atoms with Crippen LogP contribution in [0, 0.1) is 0 Å². The van der Waals surface area contributed by atoms with Gasteiger partial charge in [0.15, 0.2) is 0 Å². The van der Waals surface area contributed by atoms with Crippen LogP contribution in [0.1, 0.15) is 54.1 Å². The number of para-hydroxylation sites is 2. The second kappa shape index (κ2) is 13.6. The first-order valence-corrected chi connectivity index (χ1v) is 17.0. The van der Waals surface area contributed by atoms with Crippen molar-refractivity contribution in [1.29, 1.82) is 0 Å². The highest BCUT2D eigenvalue weighted by Gasteiger charge is 2.40. The van der Waals surface area contributed by atoms with Crippen molar-refractivity contribution in [3.05, 3.63) is 84.4 Å². The summed E-state index contributed by atoms with van der Waals surface area (Å²) in [6.07, 6.45) is 9.61. The maximum atomic E-state index is 13.2. The summed E-state index contributed by atoms with van der Waals surface area (Å²) in [6.45, 7) is 1.90. The molecule has 4 amide bonds. The van der Waals surface area contributed by atoms with Gasteiger partial charge in [0.2, 0.25) is 23.7 Å². The van der Waals surface area contributed by atoms with Crippen LogP contribution < -0.4 is 16.0 Å². The van der Waals surface area contributed by atoms with Gasteiger partial charge in [-0.2, -0.15) is 10.1 Å². The van der Waals surface area contributed by atoms with E-state index in [1.165, 1.54) is 4.90 Å². The largest absolute Gasteiger partial charge is 0.354 e. The van der Waals surface area contributed by atoms with E-state index >= 15 is 0 Å². The Bertz CT molecular complexity index is 2160. The Balaban J connectivity index is 0.825. The quantitative estimate of drug-likeness (QED) is 0.194. The SMILES string of the molecule is O=C1CCC(N2Cc3c(Nc4ccnc(NCCC(=O)N5CCC(n6cc(-c7cnc8ccccc8n7)cn6)CC5)n4)cccc3C2=O)C(=O)N1. The fraction of sp³-hybridized carbons (Fsp3) is 0.306. The van der Waals surface area contributed by atoms with Gasteiger partial charge in [0.25, 0.3) is 5.91 Å². The number of anilines is 3. The number of piperidine rings is 2. The van der Waals surface area contributed by atoms with Gasteiger partial charge in [0.1, 0.15) is 11.9 Å². The van der Waals surface area contributed by atoms with E-state index in [1.54, 1.807) is 30.6 Å². The number of carbonyl (C=O) groups excluding carboxylic acids is 4. The highest BCUT2D eigenvalue weighted by Crippen LogP contribution is 2.33. The van der Waals surface area contributed by atoms with Gasteiger partial charge in [-0.3, -0.25) is 34.2 Å². The lowest BCUT2D eigenvalue weighted by atomic mass is 10.0. The molecule has 51 heavy (non-hydrogen) atoms. The van der Waals surface area contributed by atoms with Crippen molar-refractivity contribution in [2.24, 2.45) is 0 Å². The molecule has 0 aliphatic carbocycles. The van der Waals surface area contributed by atoms with Gasteiger partial charge < -0.3 is 20.4 Å². The molecule has 5 aromatic rings. The summed E-state index contributed by atoms with van der Waals surface area (Å²) in [5.74, 6) is -0.0806. The predicted molar refractivity (Wildman–Crippen MR) is 187 cm³/mol. The summed E-state index contributed by atoms with van der Waals surface area (Å²) in [5, 5.41) is 13.4. The highest BCUT2D eigenvalue weighted by atomic mass is 16.2. The Hall–Kier alpha value is -6.25. The topological polar surface area (TPSA) is 180 Å². The van der Waals surface area contributed by atoms with Gasteiger partial charge >= 0.3 is 0 Å². The van der Waals surface area contributed by atoms with Crippen LogP contribution in [0.2, 0.25) is 0 Å². The minimum atomic E-state index is -0.693. The molecule has 0 bridgehead atoms. The molecule has 3 aliphatic heterocycles. The Labute approximate surface area is 292 Å². The second-order valence-corrected chi connectivity index (χ2v) is 12.9. The Morgan fingerprint density at radius 2 is 1.76 bits per heavy atom. The van der Waals surface area contributed by atoms with Gasteiger partial charge in [-0.05, 0) is 49.6 Å². The summed E-state index contributed by atoms with van der Waals surface area (Å²) in [5.41, 5.74) is 5.34. The van der Waals surface area contributed by atoms with Crippen molar-refractivity contribution >= 4 is 52.1 Å². The molecule has 0 saturated carbocycles. The third-order valence-electron chi connectivity index (χ3n) is 9.66. The molecule has 2 aromatic carbocycles. The van der Waals surface area contributed by atoms with Gasteiger partial charge in [-0.25, -0.2) is 9.97 Å². The van der Waals surface area contributed by atoms with Crippen molar-refractivity contribution in [1.82, 2.24) is 44.8 Å². The number of benzene rings is 2. The van der Waals surface area contributed by atoms with E-state index in [-0.39, 0.29) is 36.7 Å². The molecule has 0 radical (unpaired) electrons. The Morgan fingerprint density at radius 3 is 2.61 bits per heavy atom. The number of hydrogen-bond donors (Lipinski definition) is 3. The van der Waals surface area contributed by atoms with Gasteiger partial charge in [-0.15, -0.1) is 0 Å². The molecule has 6 heterocycles. The lowest BCUT2D eigenvalue weighted by molar-refractivity contribution is -0.137. The summed E-state index contributed by atoms with van der Waals surface area (Å²) >= 11 is 0. The zero-order valence-electron chi connectivity index (χ0n) is 27.7. The van der Waals surface area contributed by atoms with E-state index in [0.717, 1.165) is 40.7 Å². The van der Waals surface area contributed by atoms with Crippen molar-refractivity contribution in [3.63, 3.8) is 0 Å². The van der Waals surface area contributed by atoms with E-state index in [1.807, 2.05) is 52.3 Å². The summed E-state index contributed by atoms with van der Waals surface area (Å²) in [4.78, 5) is 71.9. The number of fused-ring (bicyclic) bond motifs is 2. The first-order chi connectivity index (χ1) is 24.9. The van der Waals surface area contributed by atoms with E-state index in [2.05, 4.69) is 36.0 Å². The number of hydrogen-bond acceptors (Lipinski definition) is 11. The summed E-state index contributed by atoms with van der Waals surface area (Å²) < 4.78 is 1.98. The van der Waals surface area contributed by atoms with Crippen LogP contribution in [0.4, 0.5) is 17.5 Å². The molecular formula is C36H35N11O4. The second-order valence-electron chi connectivity index (χ2n) is 12.9. The lowest BCUT2D eigenvalue weighted by Gasteiger charge is -2.32. The fourth-order valence-electron chi connectivity index (χ4n) is 6.94. The summed E-state index contributed by atoms with van der Waals surface area (Å²) in [7, 11) is 0. The summed E-state index contributed by atoms with van der Waals surface area (Å²) in [6, 6.07) is 14.4.